The Morgan fingerprint density at radius 2 is 1.92 bits per heavy atom. The lowest BCUT2D eigenvalue weighted by Crippen LogP contribution is -1.92. The summed E-state index contributed by atoms with van der Waals surface area (Å²) in [5.41, 5.74) is 1.07. The van der Waals surface area contributed by atoms with Gasteiger partial charge in [-0.25, -0.2) is 0 Å². The Kier molecular flexibility index (Phi) is 4.70. The normalized spacial score (nSPS) is 9.08. The summed E-state index contributed by atoms with van der Waals surface area (Å²) in [6.07, 6.45) is 0. The summed E-state index contributed by atoms with van der Waals surface area (Å²) in [4.78, 5) is 0. The van der Waals surface area contributed by atoms with Gasteiger partial charge in [0.2, 0.25) is 0 Å². The lowest BCUT2D eigenvalue weighted by Gasteiger charge is -1.99. The van der Waals surface area contributed by atoms with Gasteiger partial charge < -0.3 is 4.74 Å². The van der Waals surface area contributed by atoms with Crippen LogP contribution in [0.4, 0.5) is 0 Å². The number of benzene rings is 1. The summed E-state index contributed by atoms with van der Waals surface area (Å²) in [5, 5.41) is 2.97. The summed E-state index contributed by atoms with van der Waals surface area (Å²) in [5.74, 6) is 2.60. The molecule has 0 amide bonds. The van der Waals surface area contributed by atoms with Crippen LogP contribution in [-0.4, -0.2) is 6.61 Å². The van der Waals surface area contributed by atoms with Crippen LogP contribution in [0.15, 0.2) is 24.3 Å². The first-order valence-electron chi connectivity index (χ1n) is 3.73. The van der Waals surface area contributed by atoms with Crippen molar-refractivity contribution in [3.63, 3.8) is 0 Å². The molecule has 13 heavy (non-hydrogen) atoms. The summed E-state index contributed by atoms with van der Waals surface area (Å²) < 4.78 is 5.20. The maximum Gasteiger partial charge on any atom is 0.109 e. The zero-order valence-corrected chi connectivity index (χ0v) is 8.40. The van der Waals surface area contributed by atoms with Crippen LogP contribution in [0.5, 0.6) is 0 Å². The third kappa shape index (κ3) is 4.19. The van der Waals surface area contributed by atoms with E-state index in [-0.39, 0.29) is 0 Å². The molecule has 0 radical (unpaired) electrons. The molecule has 0 unspecified atom stereocenters. The first-order valence-corrected chi connectivity index (χ1v) is 4.49. The monoisotopic (exact) mass is 214 g/mol. The Balaban J connectivity index is 2.36. The number of hydrogen-bond donors (Lipinski definition) is 0. The van der Waals surface area contributed by atoms with Crippen LogP contribution in [0.25, 0.3) is 0 Å². The van der Waals surface area contributed by atoms with Crippen molar-refractivity contribution in [2.75, 3.05) is 6.61 Å². The van der Waals surface area contributed by atoms with Gasteiger partial charge in [-0.3, -0.25) is 0 Å². The Morgan fingerprint density at radius 1 is 1.23 bits per heavy atom. The topological polar surface area (TPSA) is 9.23 Å². The van der Waals surface area contributed by atoms with Crippen LogP contribution in [0.1, 0.15) is 5.56 Å². The molecular formula is C10H8Cl2O. The Morgan fingerprint density at radius 3 is 2.54 bits per heavy atom. The summed E-state index contributed by atoms with van der Waals surface area (Å²) in [6.45, 7) is 0.884. The van der Waals surface area contributed by atoms with Crippen LogP contribution >= 0.6 is 23.2 Å². The highest BCUT2D eigenvalue weighted by molar-refractivity contribution is 6.30. The molecule has 1 aromatic rings. The van der Waals surface area contributed by atoms with Crippen molar-refractivity contribution in [1.29, 1.82) is 0 Å². The van der Waals surface area contributed by atoms with Crippen LogP contribution in [-0.2, 0) is 11.3 Å². The summed E-state index contributed by atoms with van der Waals surface area (Å²) in [6, 6.07) is 7.48. The van der Waals surface area contributed by atoms with Crippen LogP contribution in [0, 0.1) is 11.3 Å². The van der Waals surface area contributed by atoms with Crippen molar-refractivity contribution >= 4 is 23.2 Å². The van der Waals surface area contributed by atoms with Crippen molar-refractivity contribution in [1.82, 2.24) is 0 Å². The average Bonchev–Trinajstić information content (AvgIpc) is 2.15. The molecule has 0 N–H and O–H groups in total. The molecular weight excluding hydrogens is 207 g/mol. The zero-order chi connectivity index (χ0) is 9.52. The van der Waals surface area contributed by atoms with Gasteiger partial charge in [0.15, 0.2) is 0 Å². The van der Waals surface area contributed by atoms with Crippen LogP contribution in [0.3, 0.4) is 0 Å². The molecule has 0 aliphatic rings. The Bertz CT molecular complexity index is 308. The summed E-state index contributed by atoms with van der Waals surface area (Å²) >= 11 is 10.9. The predicted molar refractivity (Wildman–Crippen MR) is 54.7 cm³/mol. The van der Waals surface area contributed by atoms with Crippen molar-refractivity contribution in [3.8, 4) is 11.3 Å². The fourth-order valence-electron chi connectivity index (χ4n) is 0.828. The van der Waals surface area contributed by atoms with Gasteiger partial charge >= 0.3 is 0 Å². The van der Waals surface area contributed by atoms with Gasteiger partial charge in [-0.05, 0) is 29.3 Å². The molecule has 1 nitrogen and oxygen atoms in total. The third-order valence-electron chi connectivity index (χ3n) is 1.42. The molecule has 0 fully saturated rings. The van der Waals surface area contributed by atoms with Gasteiger partial charge in [0.05, 0.1) is 6.61 Å². The Hall–Kier alpha value is -0.680. The second kappa shape index (κ2) is 5.88. The predicted octanol–water partition coefficient (Wildman–Crippen LogP) is 3.06. The smallest absolute Gasteiger partial charge is 0.109 e. The number of hydrogen-bond acceptors (Lipinski definition) is 1. The molecule has 1 aromatic carbocycles. The molecule has 0 spiro atoms. The zero-order valence-electron chi connectivity index (χ0n) is 6.89. The van der Waals surface area contributed by atoms with E-state index in [1.807, 2.05) is 24.3 Å². The molecule has 0 saturated carbocycles. The second-order valence-electron chi connectivity index (χ2n) is 2.39. The highest BCUT2D eigenvalue weighted by Crippen LogP contribution is 2.09. The number of halogens is 2. The molecule has 1 rings (SSSR count). The molecule has 68 valence electrons. The average molecular weight is 215 g/mol. The minimum atomic E-state index is 0.353. The molecule has 3 heteroatoms. The van der Waals surface area contributed by atoms with E-state index in [9.17, 15) is 0 Å². The SMILES string of the molecule is ClC#CCOCc1ccc(Cl)cc1. The van der Waals surface area contributed by atoms with E-state index in [0.29, 0.717) is 13.2 Å². The quantitative estimate of drug-likeness (QED) is 0.556. The van der Waals surface area contributed by atoms with Gasteiger partial charge in [0.1, 0.15) is 6.61 Å². The lowest BCUT2D eigenvalue weighted by molar-refractivity contribution is 0.153. The second-order valence-corrected chi connectivity index (χ2v) is 3.02. The lowest BCUT2D eigenvalue weighted by atomic mass is 10.2. The van der Waals surface area contributed by atoms with Gasteiger partial charge in [-0.15, -0.1) is 0 Å². The molecule has 0 aliphatic heterocycles. The van der Waals surface area contributed by atoms with Crippen molar-refractivity contribution in [2.45, 2.75) is 6.61 Å². The van der Waals surface area contributed by atoms with E-state index < -0.39 is 0 Å². The minimum absolute atomic E-state index is 0.353. The van der Waals surface area contributed by atoms with E-state index in [4.69, 9.17) is 27.9 Å². The van der Waals surface area contributed by atoms with Crippen molar-refractivity contribution in [2.24, 2.45) is 0 Å². The standard InChI is InChI=1S/C10H8Cl2O/c11-6-1-7-13-8-9-2-4-10(12)5-3-9/h2-5H,7-8H2. The van der Waals surface area contributed by atoms with E-state index >= 15 is 0 Å². The fraction of sp³-hybridized carbons (Fsp3) is 0.200. The summed E-state index contributed by atoms with van der Waals surface area (Å²) in [7, 11) is 0. The van der Waals surface area contributed by atoms with E-state index in [1.54, 1.807) is 0 Å². The largest absolute Gasteiger partial charge is 0.364 e. The van der Waals surface area contributed by atoms with E-state index in [0.717, 1.165) is 10.6 Å². The van der Waals surface area contributed by atoms with Gasteiger partial charge in [0.25, 0.3) is 0 Å². The first kappa shape index (κ1) is 10.4. The molecule has 0 saturated heterocycles. The van der Waals surface area contributed by atoms with Crippen LogP contribution in [0.2, 0.25) is 5.02 Å². The Labute approximate surface area is 87.6 Å². The molecule has 0 aliphatic carbocycles. The number of rotatable bonds is 3. The fourth-order valence-corrected chi connectivity index (χ4v) is 1.01. The van der Waals surface area contributed by atoms with Crippen molar-refractivity contribution < 1.29 is 4.74 Å². The van der Waals surface area contributed by atoms with Gasteiger partial charge in [-0.1, -0.05) is 29.7 Å². The maximum absolute atomic E-state index is 5.71. The molecule has 0 aromatic heterocycles. The van der Waals surface area contributed by atoms with Gasteiger partial charge in [0, 0.05) is 10.4 Å². The maximum atomic E-state index is 5.71. The molecule has 0 bridgehead atoms. The highest BCUT2D eigenvalue weighted by Gasteiger charge is 1.91. The molecule has 0 heterocycles. The van der Waals surface area contributed by atoms with E-state index in [2.05, 4.69) is 11.3 Å². The highest BCUT2D eigenvalue weighted by atomic mass is 35.5. The van der Waals surface area contributed by atoms with Crippen molar-refractivity contribution in [3.05, 3.63) is 34.9 Å². The van der Waals surface area contributed by atoms with Gasteiger partial charge in [-0.2, -0.15) is 0 Å². The minimum Gasteiger partial charge on any atom is -0.364 e. The van der Waals surface area contributed by atoms with E-state index in [1.165, 1.54) is 0 Å². The number of ether oxygens (including phenoxy) is 1. The first-order chi connectivity index (χ1) is 6.33. The molecule has 0 atom stereocenters. The van der Waals surface area contributed by atoms with Crippen LogP contribution < -0.4 is 0 Å². The third-order valence-corrected chi connectivity index (χ3v) is 1.81.